The average molecular weight is 280 g/mol. The average Bonchev–Trinajstić information content (AvgIpc) is 2.92. The van der Waals surface area contributed by atoms with Crippen LogP contribution in [-0.2, 0) is 6.54 Å². The number of nitrogens with one attached hydrogen (secondary N) is 1. The number of thiazole rings is 1. The van der Waals surface area contributed by atoms with Crippen molar-refractivity contribution in [3.63, 3.8) is 0 Å². The fourth-order valence-corrected chi connectivity index (χ4v) is 3.39. The molecular weight excluding hydrogens is 264 g/mol. The molecular formula is C12H16N4S2. The lowest BCUT2D eigenvalue weighted by Gasteiger charge is -1.97. The topological polar surface area (TPSA) is 50.7 Å². The first-order chi connectivity index (χ1) is 8.72. The first-order valence-corrected chi connectivity index (χ1v) is 7.87. The number of aromatic nitrogens is 3. The maximum atomic E-state index is 4.47. The van der Waals surface area contributed by atoms with Crippen LogP contribution in [0.4, 0.5) is 5.13 Å². The molecule has 0 spiro atoms. The van der Waals surface area contributed by atoms with Crippen LogP contribution in [0.5, 0.6) is 0 Å². The van der Waals surface area contributed by atoms with Gasteiger partial charge in [0.2, 0.25) is 5.13 Å². The van der Waals surface area contributed by atoms with Gasteiger partial charge in [0.25, 0.3) is 0 Å². The zero-order valence-electron chi connectivity index (χ0n) is 10.5. The van der Waals surface area contributed by atoms with Crippen LogP contribution >= 0.6 is 22.7 Å². The van der Waals surface area contributed by atoms with E-state index in [1.807, 2.05) is 17.5 Å². The molecule has 0 radical (unpaired) electrons. The van der Waals surface area contributed by atoms with Crippen LogP contribution in [-0.4, -0.2) is 15.2 Å². The maximum absolute atomic E-state index is 4.47. The molecule has 1 fully saturated rings. The number of hydrogen-bond donors (Lipinski definition) is 1. The Morgan fingerprint density at radius 3 is 2.83 bits per heavy atom. The minimum absolute atomic E-state index is 0.447. The molecule has 1 aliphatic rings. The second-order valence-electron chi connectivity index (χ2n) is 4.89. The van der Waals surface area contributed by atoms with Gasteiger partial charge in [0.05, 0.1) is 11.6 Å². The molecule has 1 aliphatic carbocycles. The van der Waals surface area contributed by atoms with Gasteiger partial charge in [0, 0.05) is 22.9 Å². The van der Waals surface area contributed by atoms with E-state index < -0.39 is 0 Å². The first-order valence-electron chi connectivity index (χ1n) is 6.24. The second kappa shape index (κ2) is 4.93. The van der Waals surface area contributed by atoms with Crippen molar-refractivity contribution in [2.24, 2.45) is 0 Å². The van der Waals surface area contributed by atoms with Crippen molar-refractivity contribution < 1.29 is 0 Å². The van der Waals surface area contributed by atoms with E-state index in [0.29, 0.717) is 5.92 Å². The number of nitrogens with zero attached hydrogens (tertiary/aromatic N) is 3. The van der Waals surface area contributed by atoms with Gasteiger partial charge in [-0.15, -0.1) is 21.5 Å². The SMILES string of the molecule is CC(C)c1nnc(NCc2cnc(C3CC3)s2)s1. The lowest BCUT2D eigenvalue weighted by atomic mass is 10.2. The van der Waals surface area contributed by atoms with Crippen LogP contribution in [0, 0.1) is 0 Å². The molecule has 0 saturated heterocycles. The van der Waals surface area contributed by atoms with E-state index in [-0.39, 0.29) is 0 Å². The molecule has 1 N–H and O–H groups in total. The predicted molar refractivity (Wildman–Crippen MR) is 75.4 cm³/mol. The van der Waals surface area contributed by atoms with Gasteiger partial charge in [-0.25, -0.2) is 4.98 Å². The Hall–Kier alpha value is -1.01. The summed E-state index contributed by atoms with van der Waals surface area (Å²) in [6.45, 7) is 5.07. The Bertz CT molecular complexity index is 487. The molecule has 0 aliphatic heterocycles. The molecule has 6 heteroatoms. The number of rotatable bonds is 5. The third-order valence-electron chi connectivity index (χ3n) is 2.85. The highest BCUT2D eigenvalue weighted by Gasteiger charge is 2.26. The van der Waals surface area contributed by atoms with Crippen LogP contribution in [0.15, 0.2) is 6.20 Å². The van der Waals surface area contributed by atoms with Gasteiger partial charge in [-0.3, -0.25) is 0 Å². The molecule has 0 atom stereocenters. The highest BCUT2D eigenvalue weighted by atomic mass is 32.1. The molecule has 0 amide bonds. The van der Waals surface area contributed by atoms with Crippen LogP contribution in [0.2, 0.25) is 0 Å². The van der Waals surface area contributed by atoms with Gasteiger partial charge in [0.1, 0.15) is 5.01 Å². The van der Waals surface area contributed by atoms with Crippen LogP contribution in [0.3, 0.4) is 0 Å². The molecule has 0 aromatic carbocycles. The van der Waals surface area contributed by atoms with Crippen molar-refractivity contribution >= 4 is 27.8 Å². The Morgan fingerprint density at radius 1 is 1.33 bits per heavy atom. The zero-order chi connectivity index (χ0) is 12.5. The largest absolute Gasteiger partial charge is 0.355 e. The van der Waals surface area contributed by atoms with E-state index in [4.69, 9.17) is 0 Å². The number of hydrogen-bond acceptors (Lipinski definition) is 6. The van der Waals surface area contributed by atoms with E-state index in [2.05, 4.69) is 34.3 Å². The quantitative estimate of drug-likeness (QED) is 0.909. The van der Waals surface area contributed by atoms with Crippen molar-refractivity contribution in [2.75, 3.05) is 5.32 Å². The van der Waals surface area contributed by atoms with Crippen LogP contribution in [0.25, 0.3) is 0 Å². The molecule has 2 heterocycles. The standard InChI is InChI=1S/C12H16N4S2/c1-7(2)10-15-16-12(18-10)14-6-9-5-13-11(17-9)8-3-4-8/h5,7-8H,3-4,6H2,1-2H3,(H,14,16). The molecule has 2 aromatic heterocycles. The van der Waals surface area contributed by atoms with Crippen molar-refractivity contribution in [2.45, 2.75) is 45.1 Å². The molecule has 3 rings (SSSR count). The summed E-state index contributed by atoms with van der Waals surface area (Å²) >= 11 is 3.46. The predicted octanol–water partition coefficient (Wildman–Crippen LogP) is 3.61. The summed E-state index contributed by atoms with van der Waals surface area (Å²) in [5.41, 5.74) is 0. The monoisotopic (exact) mass is 280 g/mol. The van der Waals surface area contributed by atoms with Gasteiger partial charge >= 0.3 is 0 Å². The Morgan fingerprint density at radius 2 is 2.17 bits per heavy atom. The molecule has 4 nitrogen and oxygen atoms in total. The van der Waals surface area contributed by atoms with Crippen LogP contribution < -0.4 is 5.32 Å². The molecule has 18 heavy (non-hydrogen) atoms. The van der Waals surface area contributed by atoms with E-state index in [1.165, 1.54) is 22.7 Å². The molecule has 2 aromatic rings. The maximum Gasteiger partial charge on any atom is 0.205 e. The molecule has 1 saturated carbocycles. The van der Waals surface area contributed by atoms with Crippen molar-refractivity contribution in [3.05, 3.63) is 21.1 Å². The molecule has 96 valence electrons. The van der Waals surface area contributed by atoms with Gasteiger partial charge in [-0.05, 0) is 12.8 Å². The van der Waals surface area contributed by atoms with Gasteiger partial charge < -0.3 is 5.32 Å². The third-order valence-corrected chi connectivity index (χ3v) is 5.19. The van der Waals surface area contributed by atoms with Crippen molar-refractivity contribution in [1.29, 1.82) is 0 Å². The van der Waals surface area contributed by atoms with Crippen molar-refractivity contribution in [1.82, 2.24) is 15.2 Å². The summed E-state index contributed by atoms with van der Waals surface area (Å²) < 4.78 is 0. The number of anilines is 1. The Kier molecular flexibility index (Phi) is 3.30. The Balaban J connectivity index is 1.58. The summed E-state index contributed by atoms with van der Waals surface area (Å²) in [6, 6.07) is 0. The summed E-state index contributed by atoms with van der Waals surface area (Å²) in [4.78, 5) is 5.75. The van der Waals surface area contributed by atoms with E-state index in [1.54, 1.807) is 11.3 Å². The summed E-state index contributed by atoms with van der Waals surface area (Å²) in [5, 5.41) is 14.9. The van der Waals surface area contributed by atoms with E-state index in [9.17, 15) is 0 Å². The van der Waals surface area contributed by atoms with Crippen molar-refractivity contribution in [3.8, 4) is 0 Å². The smallest absolute Gasteiger partial charge is 0.205 e. The fourth-order valence-electron chi connectivity index (χ4n) is 1.63. The lowest BCUT2D eigenvalue weighted by Crippen LogP contribution is -1.96. The molecule has 0 bridgehead atoms. The highest BCUT2D eigenvalue weighted by Crippen LogP contribution is 2.41. The molecule has 0 unspecified atom stereocenters. The summed E-state index contributed by atoms with van der Waals surface area (Å²) in [6.07, 6.45) is 4.61. The first kappa shape index (κ1) is 12.0. The third kappa shape index (κ3) is 2.70. The summed E-state index contributed by atoms with van der Waals surface area (Å²) in [7, 11) is 0. The van der Waals surface area contributed by atoms with Crippen LogP contribution in [0.1, 0.15) is 53.4 Å². The van der Waals surface area contributed by atoms with Gasteiger partial charge in [0.15, 0.2) is 0 Å². The Labute approximate surface area is 114 Å². The van der Waals surface area contributed by atoms with E-state index in [0.717, 1.165) is 22.6 Å². The highest BCUT2D eigenvalue weighted by molar-refractivity contribution is 7.15. The van der Waals surface area contributed by atoms with Gasteiger partial charge in [-0.1, -0.05) is 25.2 Å². The fraction of sp³-hybridized carbons (Fsp3) is 0.583. The normalized spacial score (nSPS) is 15.3. The zero-order valence-corrected chi connectivity index (χ0v) is 12.1. The minimum Gasteiger partial charge on any atom is -0.355 e. The van der Waals surface area contributed by atoms with Gasteiger partial charge in [-0.2, -0.15) is 0 Å². The second-order valence-corrected chi connectivity index (χ2v) is 7.05. The minimum atomic E-state index is 0.447. The lowest BCUT2D eigenvalue weighted by molar-refractivity contribution is 0.824. The summed E-state index contributed by atoms with van der Waals surface area (Å²) in [5.74, 6) is 1.20. The van der Waals surface area contributed by atoms with E-state index >= 15 is 0 Å².